The summed E-state index contributed by atoms with van der Waals surface area (Å²) in [4.78, 5) is 38.2. The van der Waals surface area contributed by atoms with Gasteiger partial charge in [-0.05, 0) is 103 Å². The molecule has 6 heteroatoms. The number of carbonyl (C=O) groups is 3. The smallest absolute Gasteiger partial charge is 0.306 e. The summed E-state index contributed by atoms with van der Waals surface area (Å²) >= 11 is 0. The minimum atomic E-state index is -0.783. The van der Waals surface area contributed by atoms with Gasteiger partial charge in [-0.2, -0.15) is 0 Å². The number of allylic oxidation sites excluding steroid dienone is 10. The third-order valence-electron chi connectivity index (χ3n) is 13.2. The molecule has 0 fully saturated rings. The SMILES string of the molecule is CC/C=C\C/C=C\C/C=C\CCCCCCCCCC(=O)OC(COC(=O)CCCCCCCCC/C=C\CCCCCCCC)COC(=O)CCCCCCCCC/C=C\CCCCCCCCC. The van der Waals surface area contributed by atoms with Crippen molar-refractivity contribution in [3.8, 4) is 0 Å². The molecule has 0 heterocycles. The van der Waals surface area contributed by atoms with Crippen LogP contribution in [0.25, 0.3) is 0 Å². The first kappa shape index (κ1) is 67.1. The second-order valence-electron chi connectivity index (χ2n) is 20.2. The zero-order chi connectivity index (χ0) is 50.7. The molecule has 0 aromatic carbocycles. The van der Waals surface area contributed by atoms with Gasteiger partial charge in [-0.1, -0.05) is 248 Å². The van der Waals surface area contributed by atoms with Crippen LogP contribution in [0.1, 0.15) is 310 Å². The Morgan fingerprint density at radius 2 is 0.557 bits per heavy atom. The summed E-state index contributed by atoms with van der Waals surface area (Å²) in [6.45, 7) is 6.54. The fourth-order valence-electron chi connectivity index (χ4n) is 8.68. The first-order valence-corrected chi connectivity index (χ1v) is 30.3. The molecule has 0 aliphatic rings. The number of ether oxygens (including phenoxy) is 3. The van der Waals surface area contributed by atoms with Crippen molar-refractivity contribution in [2.75, 3.05) is 13.2 Å². The van der Waals surface area contributed by atoms with Gasteiger partial charge in [-0.15, -0.1) is 0 Å². The largest absolute Gasteiger partial charge is 0.462 e. The summed E-state index contributed by atoms with van der Waals surface area (Å²) in [6, 6.07) is 0. The van der Waals surface area contributed by atoms with E-state index >= 15 is 0 Å². The molecular formula is C64H114O6. The molecule has 1 unspecified atom stereocenters. The predicted octanol–water partition coefficient (Wildman–Crippen LogP) is 20.4. The Kier molecular flexibility index (Phi) is 56.3. The van der Waals surface area contributed by atoms with Gasteiger partial charge in [0.2, 0.25) is 0 Å². The summed E-state index contributed by atoms with van der Waals surface area (Å²) < 4.78 is 16.9. The number of carbonyl (C=O) groups excluding carboxylic acids is 3. The van der Waals surface area contributed by atoms with E-state index in [2.05, 4.69) is 81.5 Å². The van der Waals surface area contributed by atoms with E-state index in [1.54, 1.807) is 0 Å². The molecule has 0 saturated carbocycles. The molecule has 0 aromatic heterocycles. The topological polar surface area (TPSA) is 78.9 Å². The van der Waals surface area contributed by atoms with Gasteiger partial charge in [0.1, 0.15) is 13.2 Å². The molecule has 0 spiro atoms. The van der Waals surface area contributed by atoms with Crippen molar-refractivity contribution in [2.45, 2.75) is 316 Å². The minimum absolute atomic E-state index is 0.0806. The van der Waals surface area contributed by atoms with Crippen LogP contribution in [-0.4, -0.2) is 37.2 Å². The standard InChI is InChI=1S/C64H114O6/c1-4-7-10-13-16-19-22-25-28-31-34-36-39-42-45-48-51-54-57-63(66)69-60-61(70-64(67)58-55-52-49-46-43-40-37-33-30-27-24-21-18-15-12-9-6-3)59-68-62(65)56-53-50-47-44-41-38-35-32-29-26-23-20-17-14-11-8-5-2/h9,12,18,21,26-31,61H,4-8,10-11,13-17,19-20,22-25,32-60H2,1-3H3/b12-9-,21-18-,29-26-,30-27-,31-28-. The Morgan fingerprint density at radius 3 is 0.886 bits per heavy atom. The molecule has 6 nitrogen and oxygen atoms in total. The number of unbranched alkanes of at least 4 members (excludes halogenated alkanes) is 34. The van der Waals surface area contributed by atoms with Gasteiger partial charge in [0.25, 0.3) is 0 Å². The summed E-state index contributed by atoms with van der Waals surface area (Å²) in [5, 5.41) is 0. The molecule has 0 aliphatic carbocycles. The van der Waals surface area contributed by atoms with Gasteiger partial charge in [-0.3, -0.25) is 14.4 Å². The van der Waals surface area contributed by atoms with E-state index in [1.165, 1.54) is 186 Å². The highest BCUT2D eigenvalue weighted by Gasteiger charge is 2.19. The van der Waals surface area contributed by atoms with E-state index in [4.69, 9.17) is 14.2 Å². The fraction of sp³-hybridized carbons (Fsp3) is 0.797. The van der Waals surface area contributed by atoms with Gasteiger partial charge in [0.15, 0.2) is 6.10 Å². The van der Waals surface area contributed by atoms with Gasteiger partial charge in [0.05, 0.1) is 0 Å². The first-order valence-electron chi connectivity index (χ1n) is 30.3. The minimum Gasteiger partial charge on any atom is -0.462 e. The lowest BCUT2D eigenvalue weighted by atomic mass is 10.1. The van der Waals surface area contributed by atoms with Crippen LogP contribution in [0, 0.1) is 0 Å². The van der Waals surface area contributed by atoms with E-state index in [9.17, 15) is 14.4 Å². The average molecular weight is 980 g/mol. The molecule has 0 aliphatic heterocycles. The fourth-order valence-corrected chi connectivity index (χ4v) is 8.68. The predicted molar refractivity (Wildman–Crippen MR) is 302 cm³/mol. The van der Waals surface area contributed by atoms with Gasteiger partial charge < -0.3 is 14.2 Å². The van der Waals surface area contributed by atoms with Gasteiger partial charge >= 0.3 is 17.9 Å². The molecule has 0 amide bonds. The molecule has 406 valence electrons. The molecule has 0 bridgehead atoms. The van der Waals surface area contributed by atoms with Crippen molar-refractivity contribution in [1.82, 2.24) is 0 Å². The van der Waals surface area contributed by atoms with Crippen molar-refractivity contribution >= 4 is 17.9 Å². The van der Waals surface area contributed by atoms with Crippen LogP contribution in [0.15, 0.2) is 60.8 Å². The van der Waals surface area contributed by atoms with Crippen LogP contribution >= 0.6 is 0 Å². The van der Waals surface area contributed by atoms with E-state index < -0.39 is 6.10 Å². The van der Waals surface area contributed by atoms with Crippen LogP contribution in [0.3, 0.4) is 0 Å². The Labute approximate surface area is 434 Å². The number of hydrogen-bond acceptors (Lipinski definition) is 6. The van der Waals surface area contributed by atoms with E-state index in [1.807, 2.05) is 0 Å². The lowest BCUT2D eigenvalue weighted by Gasteiger charge is -2.18. The second-order valence-corrected chi connectivity index (χ2v) is 20.2. The highest BCUT2D eigenvalue weighted by molar-refractivity contribution is 5.71. The molecule has 0 aromatic rings. The summed E-state index contributed by atoms with van der Waals surface area (Å²) in [7, 11) is 0. The lowest BCUT2D eigenvalue weighted by molar-refractivity contribution is -0.167. The third-order valence-corrected chi connectivity index (χ3v) is 13.2. The van der Waals surface area contributed by atoms with E-state index in [-0.39, 0.29) is 31.1 Å². The molecule has 0 radical (unpaired) electrons. The van der Waals surface area contributed by atoms with Crippen molar-refractivity contribution < 1.29 is 28.6 Å². The highest BCUT2D eigenvalue weighted by atomic mass is 16.6. The molecular weight excluding hydrogens is 865 g/mol. The van der Waals surface area contributed by atoms with Crippen LogP contribution < -0.4 is 0 Å². The number of rotatable bonds is 55. The Balaban J connectivity index is 4.39. The van der Waals surface area contributed by atoms with Gasteiger partial charge in [-0.25, -0.2) is 0 Å². The Bertz CT molecular complexity index is 1260. The Morgan fingerprint density at radius 1 is 0.300 bits per heavy atom. The van der Waals surface area contributed by atoms with Crippen molar-refractivity contribution in [3.63, 3.8) is 0 Å². The monoisotopic (exact) mass is 979 g/mol. The van der Waals surface area contributed by atoms with Crippen LogP contribution in [0.5, 0.6) is 0 Å². The third kappa shape index (κ3) is 56.0. The molecule has 0 saturated heterocycles. The molecule has 70 heavy (non-hydrogen) atoms. The quantitative estimate of drug-likeness (QED) is 0.0261. The van der Waals surface area contributed by atoms with Crippen molar-refractivity contribution in [3.05, 3.63) is 60.8 Å². The maximum atomic E-state index is 12.9. The van der Waals surface area contributed by atoms with Crippen LogP contribution in [-0.2, 0) is 28.6 Å². The maximum Gasteiger partial charge on any atom is 0.306 e. The highest BCUT2D eigenvalue weighted by Crippen LogP contribution is 2.16. The zero-order valence-electron chi connectivity index (χ0n) is 46.5. The molecule has 0 N–H and O–H groups in total. The number of hydrogen-bond donors (Lipinski definition) is 0. The van der Waals surface area contributed by atoms with Gasteiger partial charge in [0, 0.05) is 19.3 Å². The number of esters is 3. The first-order chi connectivity index (χ1) is 34.5. The summed E-state index contributed by atoms with van der Waals surface area (Å²) in [5.74, 6) is -0.885. The van der Waals surface area contributed by atoms with E-state index in [0.717, 1.165) is 83.5 Å². The zero-order valence-corrected chi connectivity index (χ0v) is 46.5. The van der Waals surface area contributed by atoms with E-state index in [0.29, 0.717) is 19.3 Å². The molecule has 1 atom stereocenters. The Hall–Kier alpha value is -2.89. The maximum absolute atomic E-state index is 12.9. The molecule has 0 rings (SSSR count). The summed E-state index contributed by atoms with van der Waals surface area (Å²) in [6.07, 6.45) is 73.5. The van der Waals surface area contributed by atoms with Crippen LogP contribution in [0.2, 0.25) is 0 Å². The lowest BCUT2D eigenvalue weighted by Crippen LogP contribution is -2.30. The summed E-state index contributed by atoms with van der Waals surface area (Å²) in [5.41, 5.74) is 0. The second kappa shape index (κ2) is 58.7. The average Bonchev–Trinajstić information content (AvgIpc) is 3.36. The van der Waals surface area contributed by atoms with Crippen LogP contribution in [0.4, 0.5) is 0 Å². The van der Waals surface area contributed by atoms with Crippen molar-refractivity contribution in [2.24, 2.45) is 0 Å². The van der Waals surface area contributed by atoms with Crippen molar-refractivity contribution in [1.29, 1.82) is 0 Å². The normalized spacial score (nSPS) is 12.4.